The average molecular weight is 343 g/mol. The topological polar surface area (TPSA) is 54.3 Å². The summed E-state index contributed by atoms with van der Waals surface area (Å²) in [5.41, 5.74) is 1.08. The lowest BCUT2D eigenvalue weighted by molar-refractivity contribution is -0.137. The molecule has 1 aliphatic carbocycles. The highest BCUT2D eigenvalue weighted by molar-refractivity contribution is 5.79. The van der Waals surface area contributed by atoms with E-state index in [0.717, 1.165) is 57.4 Å². The molecule has 0 bridgehead atoms. The van der Waals surface area contributed by atoms with E-state index in [0.29, 0.717) is 11.9 Å². The number of hydrogen-bond acceptors (Lipinski definition) is 4. The van der Waals surface area contributed by atoms with Crippen molar-refractivity contribution in [2.45, 2.75) is 57.5 Å². The largest absolute Gasteiger partial charge is 0.342 e. The summed E-state index contributed by atoms with van der Waals surface area (Å²) in [5, 5.41) is 8.73. The van der Waals surface area contributed by atoms with Crippen molar-refractivity contribution in [3.63, 3.8) is 0 Å². The number of amides is 1. The second-order valence-corrected chi connectivity index (χ2v) is 7.71. The SMILES string of the molecule is O=C(C1CC=CCC1)N1CCC(n2cc(CN3CCCC3)nn2)CC1. The third-order valence-electron chi connectivity index (χ3n) is 5.91. The zero-order valence-corrected chi connectivity index (χ0v) is 15.0. The van der Waals surface area contributed by atoms with Gasteiger partial charge >= 0.3 is 0 Å². The number of allylic oxidation sites excluding steroid dienone is 2. The molecule has 1 unspecified atom stereocenters. The van der Waals surface area contributed by atoms with E-state index < -0.39 is 0 Å². The summed E-state index contributed by atoms with van der Waals surface area (Å²) in [7, 11) is 0. The summed E-state index contributed by atoms with van der Waals surface area (Å²) in [6, 6.07) is 0.384. The molecule has 4 rings (SSSR count). The molecule has 6 heteroatoms. The van der Waals surface area contributed by atoms with Gasteiger partial charge in [-0.25, -0.2) is 4.68 Å². The molecule has 0 aromatic carbocycles. The van der Waals surface area contributed by atoms with Crippen molar-refractivity contribution in [2.75, 3.05) is 26.2 Å². The second kappa shape index (κ2) is 7.68. The summed E-state index contributed by atoms with van der Waals surface area (Å²) < 4.78 is 2.04. The van der Waals surface area contributed by atoms with E-state index in [2.05, 4.69) is 38.5 Å². The van der Waals surface area contributed by atoms with E-state index >= 15 is 0 Å². The third-order valence-corrected chi connectivity index (χ3v) is 5.91. The molecule has 0 spiro atoms. The molecule has 0 radical (unpaired) electrons. The van der Waals surface area contributed by atoms with Gasteiger partial charge in [0.1, 0.15) is 0 Å². The average Bonchev–Trinajstić information content (AvgIpc) is 3.35. The van der Waals surface area contributed by atoms with Crippen molar-refractivity contribution in [1.29, 1.82) is 0 Å². The second-order valence-electron chi connectivity index (χ2n) is 7.71. The fraction of sp³-hybridized carbons (Fsp3) is 0.737. The Morgan fingerprint density at radius 1 is 1.08 bits per heavy atom. The van der Waals surface area contributed by atoms with E-state index in [1.165, 1.54) is 25.9 Å². The molecule has 1 amide bonds. The smallest absolute Gasteiger partial charge is 0.226 e. The van der Waals surface area contributed by atoms with Crippen LogP contribution in [0.5, 0.6) is 0 Å². The van der Waals surface area contributed by atoms with Crippen LogP contribution >= 0.6 is 0 Å². The minimum absolute atomic E-state index is 0.208. The summed E-state index contributed by atoms with van der Waals surface area (Å²) >= 11 is 0. The zero-order valence-electron chi connectivity index (χ0n) is 15.0. The van der Waals surface area contributed by atoms with Gasteiger partial charge in [-0.05, 0) is 58.0 Å². The number of carbonyl (C=O) groups excluding carboxylic acids is 1. The van der Waals surface area contributed by atoms with E-state index in [4.69, 9.17) is 0 Å². The first-order valence-electron chi connectivity index (χ1n) is 9.86. The minimum Gasteiger partial charge on any atom is -0.342 e. The lowest BCUT2D eigenvalue weighted by atomic mass is 9.92. The lowest BCUT2D eigenvalue weighted by Gasteiger charge is -2.34. The van der Waals surface area contributed by atoms with Gasteiger partial charge in [0.05, 0.1) is 17.9 Å². The Balaban J connectivity index is 1.29. The van der Waals surface area contributed by atoms with Crippen LogP contribution in [0.15, 0.2) is 18.3 Å². The van der Waals surface area contributed by atoms with Crippen molar-refractivity contribution in [3.05, 3.63) is 24.0 Å². The molecule has 2 aliphatic heterocycles. The van der Waals surface area contributed by atoms with E-state index in [-0.39, 0.29) is 5.92 Å². The molecule has 3 heterocycles. The molecule has 1 atom stereocenters. The van der Waals surface area contributed by atoms with Crippen LogP contribution in [0.4, 0.5) is 0 Å². The first-order chi connectivity index (χ1) is 12.3. The summed E-state index contributed by atoms with van der Waals surface area (Å²) in [4.78, 5) is 17.2. The number of aromatic nitrogens is 3. The Kier molecular flexibility index (Phi) is 5.15. The summed E-state index contributed by atoms with van der Waals surface area (Å²) in [6.45, 7) is 5.00. The van der Waals surface area contributed by atoms with Gasteiger partial charge in [0.25, 0.3) is 0 Å². The van der Waals surface area contributed by atoms with Crippen molar-refractivity contribution >= 4 is 5.91 Å². The van der Waals surface area contributed by atoms with Crippen LogP contribution in [0, 0.1) is 5.92 Å². The third kappa shape index (κ3) is 3.94. The van der Waals surface area contributed by atoms with Gasteiger partial charge in [0.15, 0.2) is 0 Å². The van der Waals surface area contributed by atoms with Crippen molar-refractivity contribution in [2.24, 2.45) is 5.92 Å². The van der Waals surface area contributed by atoms with Gasteiger partial charge < -0.3 is 4.90 Å². The summed E-state index contributed by atoms with van der Waals surface area (Å²) in [5.74, 6) is 0.566. The molecule has 2 saturated heterocycles. The van der Waals surface area contributed by atoms with E-state index in [1.807, 2.05) is 4.68 Å². The molecule has 0 N–H and O–H groups in total. The van der Waals surface area contributed by atoms with Crippen LogP contribution in [0.25, 0.3) is 0 Å². The Labute approximate surface area is 149 Å². The highest BCUT2D eigenvalue weighted by atomic mass is 16.2. The number of carbonyl (C=O) groups is 1. The van der Waals surface area contributed by atoms with Crippen LogP contribution in [0.1, 0.15) is 56.7 Å². The maximum absolute atomic E-state index is 12.6. The number of hydrogen-bond donors (Lipinski definition) is 0. The number of piperidine rings is 1. The number of rotatable bonds is 4. The van der Waals surface area contributed by atoms with Gasteiger partial charge in [-0.3, -0.25) is 9.69 Å². The fourth-order valence-electron chi connectivity index (χ4n) is 4.36. The van der Waals surface area contributed by atoms with Crippen molar-refractivity contribution < 1.29 is 4.79 Å². The standard InChI is InChI=1S/C19H29N5O/c25-19(16-6-2-1-3-7-16)23-12-8-18(9-13-23)24-15-17(20-21-24)14-22-10-4-5-11-22/h1-2,15-16,18H,3-14H2. The van der Waals surface area contributed by atoms with Crippen LogP contribution in [-0.4, -0.2) is 56.9 Å². The van der Waals surface area contributed by atoms with Gasteiger partial charge in [-0.2, -0.15) is 0 Å². The van der Waals surface area contributed by atoms with E-state index in [9.17, 15) is 4.79 Å². The monoisotopic (exact) mass is 343 g/mol. The predicted octanol–water partition coefficient (Wildman–Crippen LogP) is 2.39. The molecule has 2 fully saturated rings. The Morgan fingerprint density at radius 3 is 2.60 bits per heavy atom. The van der Waals surface area contributed by atoms with Crippen molar-refractivity contribution in [3.8, 4) is 0 Å². The van der Waals surface area contributed by atoms with Crippen molar-refractivity contribution in [1.82, 2.24) is 24.8 Å². The zero-order chi connectivity index (χ0) is 17.1. The quantitative estimate of drug-likeness (QED) is 0.788. The maximum atomic E-state index is 12.6. The molecule has 6 nitrogen and oxygen atoms in total. The Hall–Kier alpha value is -1.69. The molecule has 1 aromatic heterocycles. The van der Waals surface area contributed by atoms with Crippen LogP contribution in [-0.2, 0) is 11.3 Å². The van der Waals surface area contributed by atoms with Crippen LogP contribution in [0.3, 0.4) is 0 Å². The highest BCUT2D eigenvalue weighted by Gasteiger charge is 2.29. The Morgan fingerprint density at radius 2 is 1.88 bits per heavy atom. The van der Waals surface area contributed by atoms with Gasteiger partial charge in [-0.1, -0.05) is 17.4 Å². The van der Waals surface area contributed by atoms with Crippen LogP contribution in [0.2, 0.25) is 0 Å². The first-order valence-corrected chi connectivity index (χ1v) is 9.86. The van der Waals surface area contributed by atoms with Gasteiger partial charge in [-0.15, -0.1) is 5.10 Å². The molecule has 0 saturated carbocycles. The van der Waals surface area contributed by atoms with Crippen LogP contribution < -0.4 is 0 Å². The number of likely N-dealkylation sites (tertiary alicyclic amines) is 2. The molecule has 3 aliphatic rings. The first kappa shape index (κ1) is 16.8. The minimum atomic E-state index is 0.208. The number of nitrogens with zero attached hydrogens (tertiary/aromatic N) is 5. The maximum Gasteiger partial charge on any atom is 0.226 e. The molecular formula is C19H29N5O. The Bertz CT molecular complexity index is 611. The molecular weight excluding hydrogens is 314 g/mol. The fourth-order valence-corrected chi connectivity index (χ4v) is 4.36. The molecule has 1 aromatic rings. The normalized spacial score (nSPS) is 25.6. The summed E-state index contributed by atoms with van der Waals surface area (Å²) in [6.07, 6.45) is 14.0. The van der Waals surface area contributed by atoms with E-state index in [1.54, 1.807) is 0 Å². The van der Waals surface area contributed by atoms with Gasteiger partial charge in [0, 0.05) is 25.6 Å². The molecule has 25 heavy (non-hydrogen) atoms. The highest BCUT2D eigenvalue weighted by Crippen LogP contribution is 2.26. The lowest BCUT2D eigenvalue weighted by Crippen LogP contribution is -2.42. The molecule has 136 valence electrons. The predicted molar refractivity (Wildman–Crippen MR) is 95.9 cm³/mol. The van der Waals surface area contributed by atoms with Gasteiger partial charge in [0.2, 0.25) is 5.91 Å².